The summed E-state index contributed by atoms with van der Waals surface area (Å²) in [7, 11) is 0. The van der Waals surface area contributed by atoms with Crippen LogP contribution in [0.15, 0.2) is 52.3 Å². The number of aromatic nitrogens is 1. The second-order valence-electron chi connectivity index (χ2n) is 12.0. The highest BCUT2D eigenvalue weighted by molar-refractivity contribution is 8.00. The summed E-state index contributed by atoms with van der Waals surface area (Å²) >= 11 is 2.79. The highest BCUT2D eigenvalue weighted by Crippen LogP contribution is 2.68. The van der Waals surface area contributed by atoms with Crippen LogP contribution >= 0.6 is 23.1 Å². The van der Waals surface area contributed by atoms with Crippen LogP contribution in [-0.2, 0) is 23.9 Å². The van der Waals surface area contributed by atoms with Crippen LogP contribution in [0.2, 0.25) is 0 Å². The molecule has 0 spiro atoms. The number of hydrogen-bond donors (Lipinski definition) is 1. The molecule has 7 rings (SSSR count). The van der Waals surface area contributed by atoms with Crippen LogP contribution in [0.1, 0.15) is 53.9 Å². The van der Waals surface area contributed by atoms with E-state index in [0.29, 0.717) is 29.4 Å². The first-order valence-corrected chi connectivity index (χ1v) is 17.5. The molecule has 4 aliphatic rings. The summed E-state index contributed by atoms with van der Waals surface area (Å²) in [5.74, 6) is -1.76. The SMILES string of the molecule is CCOC(=O)COc1ccc([C@H]2c3sc(=O)[nH]c3SC3C2[C@H]2C[C@@H]3C3C(=O)N(c4ccc(C(=O)OCC)cc4)C(=O)C32)cc1OCC. The molecule has 0 radical (unpaired) electrons. The lowest BCUT2D eigenvalue weighted by Crippen LogP contribution is -2.42. The molecule has 2 aliphatic carbocycles. The molecule has 1 saturated heterocycles. The number of nitrogens with zero attached hydrogens (tertiary/aromatic N) is 1. The van der Waals surface area contributed by atoms with Gasteiger partial charge in [0.25, 0.3) is 0 Å². The summed E-state index contributed by atoms with van der Waals surface area (Å²) in [6.45, 7) is 5.93. The first-order chi connectivity index (χ1) is 22.7. The van der Waals surface area contributed by atoms with Crippen LogP contribution < -0.4 is 19.2 Å². The van der Waals surface area contributed by atoms with E-state index in [1.807, 2.05) is 19.1 Å². The first kappa shape index (κ1) is 31.5. The van der Waals surface area contributed by atoms with Crippen molar-refractivity contribution in [3.05, 3.63) is 68.1 Å². The number of anilines is 1. The molecule has 13 heteroatoms. The summed E-state index contributed by atoms with van der Waals surface area (Å²) in [5, 5.41) is 0.821. The molecule has 47 heavy (non-hydrogen) atoms. The number of carbonyl (C=O) groups is 4. The van der Waals surface area contributed by atoms with Gasteiger partial charge in [0.15, 0.2) is 18.1 Å². The van der Waals surface area contributed by atoms with Gasteiger partial charge in [0.1, 0.15) is 0 Å². The number of H-pyrrole nitrogens is 1. The number of thioether (sulfide) groups is 1. The molecule has 3 aromatic rings. The van der Waals surface area contributed by atoms with E-state index in [0.717, 1.165) is 21.9 Å². The maximum atomic E-state index is 14.1. The molecule has 2 amide bonds. The Kier molecular flexibility index (Phi) is 8.37. The number of rotatable bonds is 10. The molecule has 1 aromatic heterocycles. The van der Waals surface area contributed by atoms with Crippen molar-refractivity contribution in [2.75, 3.05) is 31.3 Å². The molecule has 7 atom stereocenters. The van der Waals surface area contributed by atoms with Crippen LogP contribution in [0.3, 0.4) is 0 Å². The van der Waals surface area contributed by atoms with Gasteiger partial charge in [-0.05, 0) is 86.9 Å². The minimum Gasteiger partial charge on any atom is -0.490 e. The lowest BCUT2D eigenvalue weighted by Gasteiger charge is -2.43. The van der Waals surface area contributed by atoms with Gasteiger partial charge >= 0.3 is 16.8 Å². The Morgan fingerprint density at radius 3 is 2.30 bits per heavy atom. The molecule has 11 nitrogen and oxygen atoms in total. The molecule has 2 aliphatic heterocycles. The van der Waals surface area contributed by atoms with Gasteiger partial charge in [-0.1, -0.05) is 17.4 Å². The number of fused-ring (bicyclic) bond motifs is 9. The summed E-state index contributed by atoms with van der Waals surface area (Å²) in [5.41, 5.74) is 1.71. The van der Waals surface area contributed by atoms with Gasteiger partial charge in [0, 0.05) is 16.0 Å². The van der Waals surface area contributed by atoms with Gasteiger partial charge in [-0.2, -0.15) is 0 Å². The number of aromatic amines is 1. The van der Waals surface area contributed by atoms with Crippen molar-refractivity contribution in [3.63, 3.8) is 0 Å². The first-order valence-electron chi connectivity index (χ1n) is 15.8. The minimum atomic E-state index is -0.482. The average molecular weight is 679 g/mol. The van der Waals surface area contributed by atoms with Crippen molar-refractivity contribution in [2.24, 2.45) is 29.6 Å². The topological polar surface area (TPSA) is 141 Å². The van der Waals surface area contributed by atoms with Gasteiger partial charge in [-0.25, -0.2) is 9.59 Å². The van der Waals surface area contributed by atoms with Crippen molar-refractivity contribution in [1.29, 1.82) is 0 Å². The third kappa shape index (κ3) is 5.23. The molecule has 3 fully saturated rings. The number of ether oxygens (including phenoxy) is 4. The zero-order chi connectivity index (χ0) is 33.0. The van der Waals surface area contributed by atoms with Gasteiger partial charge < -0.3 is 23.9 Å². The molecule has 1 N–H and O–H groups in total. The number of carbonyl (C=O) groups excluding carboxylic acids is 4. The molecule has 2 bridgehead atoms. The van der Waals surface area contributed by atoms with Crippen molar-refractivity contribution in [2.45, 2.75) is 43.4 Å². The Labute approximate surface area is 278 Å². The largest absolute Gasteiger partial charge is 0.490 e. The second kappa shape index (κ2) is 12.5. The van der Waals surface area contributed by atoms with Crippen LogP contribution in [0, 0.1) is 29.6 Å². The average Bonchev–Trinajstić information content (AvgIpc) is 3.79. The van der Waals surface area contributed by atoms with Crippen LogP contribution in [-0.4, -0.2) is 60.4 Å². The Balaban J connectivity index is 1.22. The summed E-state index contributed by atoms with van der Waals surface area (Å²) in [6, 6.07) is 12.0. The predicted molar refractivity (Wildman–Crippen MR) is 173 cm³/mol. The number of nitrogens with one attached hydrogen (secondary N) is 1. The molecular weight excluding hydrogens is 645 g/mol. The highest BCUT2D eigenvalue weighted by atomic mass is 32.2. The quantitative estimate of drug-likeness (QED) is 0.238. The van der Waals surface area contributed by atoms with Gasteiger partial charge in [-0.3, -0.25) is 19.3 Å². The van der Waals surface area contributed by atoms with Crippen molar-refractivity contribution >= 4 is 52.5 Å². The van der Waals surface area contributed by atoms with Crippen LogP contribution in [0.25, 0.3) is 0 Å². The van der Waals surface area contributed by atoms with E-state index in [2.05, 4.69) is 4.98 Å². The van der Waals surface area contributed by atoms with E-state index in [9.17, 15) is 24.0 Å². The highest BCUT2D eigenvalue weighted by Gasteiger charge is 2.69. The van der Waals surface area contributed by atoms with Crippen molar-refractivity contribution < 1.29 is 38.1 Å². The van der Waals surface area contributed by atoms with Crippen LogP contribution in [0.4, 0.5) is 5.69 Å². The summed E-state index contributed by atoms with van der Waals surface area (Å²) < 4.78 is 21.8. The zero-order valence-corrected chi connectivity index (χ0v) is 27.7. The number of benzene rings is 2. The maximum Gasteiger partial charge on any atom is 0.344 e. The van der Waals surface area contributed by atoms with E-state index in [1.54, 1.807) is 55.9 Å². The van der Waals surface area contributed by atoms with E-state index in [1.165, 1.54) is 16.2 Å². The summed E-state index contributed by atoms with van der Waals surface area (Å²) in [6.07, 6.45) is 0.750. The lowest BCUT2D eigenvalue weighted by molar-refractivity contribution is -0.145. The minimum absolute atomic E-state index is 0.00568. The summed E-state index contributed by atoms with van der Waals surface area (Å²) in [4.78, 5) is 70.0. The zero-order valence-electron chi connectivity index (χ0n) is 26.1. The fraction of sp³-hybridized carbons (Fsp3) is 0.441. The number of imide groups is 1. The van der Waals surface area contributed by atoms with Crippen LogP contribution in [0.5, 0.6) is 11.5 Å². The lowest BCUT2D eigenvalue weighted by atomic mass is 9.68. The predicted octanol–water partition coefficient (Wildman–Crippen LogP) is 4.63. The van der Waals surface area contributed by atoms with Crippen molar-refractivity contribution in [3.8, 4) is 11.5 Å². The Hall–Kier alpha value is -4.10. The number of amides is 2. The van der Waals surface area contributed by atoms with E-state index in [-0.39, 0.29) is 65.4 Å². The number of esters is 2. The fourth-order valence-electron chi connectivity index (χ4n) is 8.05. The van der Waals surface area contributed by atoms with E-state index < -0.39 is 23.8 Å². The van der Waals surface area contributed by atoms with Gasteiger partial charge in [-0.15, -0.1) is 11.8 Å². The molecule has 4 unspecified atom stereocenters. The second-order valence-corrected chi connectivity index (χ2v) is 14.2. The molecule has 2 aromatic carbocycles. The normalized spacial score (nSPS) is 26.9. The molecule has 246 valence electrons. The Bertz CT molecular complexity index is 1800. The van der Waals surface area contributed by atoms with Gasteiger partial charge in [0.2, 0.25) is 11.8 Å². The third-order valence-corrected chi connectivity index (χ3v) is 12.2. The number of hydrogen-bond acceptors (Lipinski definition) is 11. The standard InChI is InChI=1S/C34H34N2O9S2/c1-4-42-22-13-17(9-12-21(22)45-15-23(37)43-5-2)24-25-19-14-20(28(25)46-30-29(24)47-34(41)35-30)27-26(19)31(38)36(32(27)39)18-10-7-16(8-11-18)33(40)44-6-3/h7-13,19-20,24-28H,4-6,14-15H2,1-3H3,(H,35,41)/t19-,20-,24-,25?,26?,27?,28?/m1/s1. The van der Waals surface area contributed by atoms with Gasteiger partial charge in [0.05, 0.1) is 47.9 Å². The van der Waals surface area contributed by atoms with E-state index >= 15 is 0 Å². The Morgan fingerprint density at radius 2 is 1.60 bits per heavy atom. The number of thiazole rings is 1. The maximum absolute atomic E-state index is 14.1. The smallest absolute Gasteiger partial charge is 0.344 e. The third-order valence-electron chi connectivity index (χ3n) is 9.64. The molecular formula is C34H34N2O9S2. The fourth-order valence-corrected chi connectivity index (χ4v) is 10.9. The molecule has 2 saturated carbocycles. The molecule has 3 heterocycles. The van der Waals surface area contributed by atoms with Crippen molar-refractivity contribution in [1.82, 2.24) is 4.98 Å². The monoisotopic (exact) mass is 678 g/mol. The Morgan fingerprint density at radius 1 is 0.872 bits per heavy atom. The van der Waals surface area contributed by atoms with E-state index in [4.69, 9.17) is 18.9 Å².